The maximum atomic E-state index is 11.9. The van der Waals surface area contributed by atoms with E-state index in [0.717, 1.165) is 0 Å². The van der Waals surface area contributed by atoms with Gasteiger partial charge in [0.25, 0.3) is 0 Å². The van der Waals surface area contributed by atoms with E-state index in [9.17, 15) is 4.79 Å². The smallest absolute Gasteiger partial charge is 0.428 e. The number of benzene rings is 1. The predicted molar refractivity (Wildman–Crippen MR) is 95.5 cm³/mol. The first-order valence-corrected chi connectivity index (χ1v) is 8.94. The van der Waals surface area contributed by atoms with Gasteiger partial charge in [0.05, 0.1) is 0 Å². The van der Waals surface area contributed by atoms with Gasteiger partial charge in [0.2, 0.25) is 0 Å². The number of ether oxygens (including phenoxy) is 2. The molecular weight excluding hydrogens is 300 g/mol. The molecule has 1 saturated carbocycles. The number of rotatable bonds is 2. The predicted octanol–water partition coefficient (Wildman–Crippen LogP) is 5.67. The summed E-state index contributed by atoms with van der Waals surface area (Å²) in [7, 11) is 0. The number of hydrogen-bond acceptors (Lipinski definition) is 3. The Hall–Kier alpha value is -1.51. The second kappa shape index (κ2) is 5.00. The van der Waals surface area contributed by atoms with Gasteiger partial charge in [0.15, 0.2) is 0 Å². The highest BCUT2D eigenvalue weighted by Gasteiger charge is 2.71. The van der Waals surface area contributed by atoms with Gasteiger partial charge in [-0.1, -0.05) is 40.7 Å². The van der Waals surface area contributed by atoms with E-state index in [1.807, 2.05) is 26.8 Å². The van der Waals surface area contributed by atoms with E-state index < -0.39 is 11.8 Å². The van der Waals surface area contributed by atoms with Crippen LogP contribution in [0.2, 0.25) is 0 Å². The molecule has 2 aliphatic rings. The number of fused-ring (bicyclic) bond motifs is 3. The van der Waals surface area contributed by atoms with Crippen molar-refractivity contribution in [3.8, 4) is 5.75 Å². The molecule has 3 unspecified atom stereocenters. The molecule has 0 amide bonds. The third kappa shape index (κ3) is 2.44. The minimum atomic E-state index is -0.640. The fourth-order valence-electron chi connectivity index (χ4n) is 4.89. The molecule has 0 saturated heterocycles. The topological polar surface area (TPSA) is 35.5 Å². The minimum Gasteiger partial charge on any atom is -0.428 e. The molecule has 1 fully saturated rings. The lowest BCUT2D eigenvalue weighted by Gasteiger charge is -2.36. The molecule has 3 nitrogen and oxygen atoms in total. The average molecular weight is 330 g/mol. The summed E-state index contributed by atoms with van der Waals surface area (Å²) in [6.07, 6.45) is -0.640. The molecule has 1 aromatic carbocycles. The molecule has 0 heterocycles. The van der Waals surface area contributed by atoms with Crippen molar-refractivity contribution in [3.63, 3.8) is 0 Å². The van der Waals surface area contributed by atoms with E-state index in [-0.39, 0.29) is 5.41 Å². The quantitative estimate of drug-likeness (QED) is 0.518. The molecule has 0 aliphatic heterocycles. The van der Waals surface area contributed by atoms with Crippen LogP contribution in [0.25, 0.3) is 0 Å². The van der Waals surface area contributed by atoms with Gasteiger partial charge in [-0.05, 0) is 72.6 Å². The van der Waals surface area contributed by atoms with Gasteiger partial charge in [-0.2, -0.15) is 0 Å². The number of hydrogen-bond donors (Lipinski definition) is 0. The zero-order valence-corrected chi connectivity index (χ0v) is 16.2. The standard InChI is InChI=1S/C21H30O3/c1-12(2)21(8)15-10-9-13(23-18(22)24-19(3,4)5)11-14(15)16-17(21)20(16,6)7/h9-12,16-17H,1-8H3. The summed E-state index contributed by atoms with van der Waals surface area (Å²) >= 11 is 0. The summed E-state index contributed by atoms with van der Waals surface area (Å²) in [5.41, 5.74) is 2.73. The van der Waals surface area contributed by atoms with Crippen LogP contribution < -0.4 is 4.74 Å². The van der Waals surface area contributed by atoms with Gasteiger partial charge in [-0.3, -0.25) is 0 Å². The molecule has 3 heteroatoms. The van der Waals surface area contributed by atoms with Crippen molar-refractivity contribution in [3.05, 3.63) is 29.3 Å². The second-order valence-electron chi connectivity index (χ2n) is 9.53. The van der Waals surface area contributed by atoms with Gasteiger partial charge in [-0.15, -0.1) is 0 Å². The number of carbonyl (C=O) groups is 1. The molecular formula is C21H30O3. The lowest BCUT2D eigenvalue weighted by Crippen LogP contribution is -2.32. The van der Waals surface area contributed by atoms with Crippen molar-refractivity contribution in [1.82, 2.24) is 0 Å². The lowest BCUT2D eigenvalue weighted by molar-refractivity contribution is 0.0206. The van der Waals surface area contributed by atoms with Crippen LogP contribution in [-0.2, 0) is 10.2 Å². The van der Waals surface area contributed by atoms with E-state index in [2.05, 4.69) is 46.8 Å². The molecule has 132 valence electrons. The van der Waals surface area contributed by atoms with Crippen LogP contribution in [0.5, 0.6) is 5.75 Å². The fourth-order valence-corrected chi connectivity index (χ4v) is 4.89. The summed E-state index contributed by atoms with van der Waals surface area (Å²) in [4.78, 5) is 11.9. The monoisotopic (exact) mass is 330 g/mol. The van der Waals surface area contributed by atoms with Crippen LogP contribution in [-0.4, -0.2) is 11.8 Å². The maximum absolute atomic E-state index is 11.9. The van der Waals surface area contributed by atoms with E-state index in [4.69, 9.17) is 9.47 Å². The SMILES string of the molecule is CC(C)C1(C)c2ccc(OC(=O)OC(C)(C)C)cc2C2C1C2(C)C. The Kier molecular flexibility index (Phi) is 3.61. The zero-order chi connectivity index (χ0) is 18.1. The first-order chi connectivity index (χ1) is 10.9. The fraction of sp³-hybridized carbons (Fsp3) is 0.667. The van der Waals surface area contributed by atoms with Crippen LogP contribution in [0, 0.1) is 17.3 Å². The van der Waals surface area contributed by atoms with Crippen LogP contribution >= 0.6 is 0 Å². The Morgan fingerprint density at radius 2 is 1.79 bits per heavy atom. The third-order valence-electron chi connectivity index (χ3n) is 6.20. The van der Waals surface area contributed by atoms with Crippen LogP contribution in [0.15, 0.2) is 18.2 Å². The van der Waals surface area contributed by atoms with Gasteiger partial charge in [0, 0.05) is 0 Å². The average Bonchev–Trinajstić information content (AvgIpc) is 2.85. The van der Waals surface area contributed by atoms with Crippen molar-refractivity contribution in [2.75, 3.05) is 0 Å². The van der Waals surface area contributed by atoms with Gasteiger partial charge in [0.1, 0.15) is 11.4 Å². The largest absolute Gasteiger partial charge is 0.514 e. The molecule has 2 aliphatic carbocycles. The zero-order valence-electron chi connectivity index (χ0n) is 16.2. The van der Waals surface area contributed by atoms with Crippen molar-refractivity contribution in [2.45, 2.75) is 72.3 Å². The Bertz CT molecular complexity index is 681. The molecule has 0 N–H and O–H groups in total. The highest BCUT2D eigenvalue weighted by atomic mass is 16.7. The summed E-state index contributed by atoms with van der Waals surface area (Å²) in [5.74, 6) is 2.38. The molecule has 0 spiro atoms. The first-order valence-electron chi connectivity index (χ1n) is 8.94. The lowest BCUT2D eigenvalue weighted by atomic mass is 9.68. The number of carbonyl (C=O) groups excluding carboxylic acids is 1. The van der Waals surface area contributed by atoms with Crippen LogP contribution in [0.4, 0.5) is 4.79 Å². The van der Waals surface area contributed by atoms with Crippen molar-refractivity contribution in [2.24, 2.45) is 17.3 Å². The summed E-state index contributed by atoms with van der Waals surface area (Å²) in [6, 6.07) is 6.11. The van der Waals surface area contributed by atoms with E-state index in [1.165, 1.54) is 11.1 Å². The first kappa shape index (κ1) is 17.3. The Balaban J connectivity index is 1.90. The molecule has 0 aromatic heterocycles. The van der Waals surface area contributed by atoms with Gasteiger partial charge in [-0.25, -0.2) is 4.79 Å². The van der Waals surface area contributed by atoms with Crippen LogP contribution in [0.3, 0.4) is 0 Å². The Morgan fingerprint density at radius 1 is 1.17 bits per heavy atom. The summed E-state index contributed by atoms with van der Waals surface area (Å²) in [6.45, 7) is 17.2. The summed E-state index contributed by atoms with van der Waals surface area (Å²) in [5, 5.41) is 0. The Morgan fingerprint density at radius 3 is 2.33 bits per heavy atom. The van der Waals surface area contributed by atoms with Gasteiger partial charge < -0.3 is 9.47 Å². The molecule has 24 heavy (non-hydrogen) atoms. The second-order valence-corrected chi connectivity index (χ2v) is 9.53. The van der Waals surface area contributed by atoms with E-state index >= 15 is 0 Å². The Labute approximate surface area is 145 Å². The third-order valence-corrected chi connectivity index (χ3v) is 6.20. The van der Waals surface area contributed by atoms with Gasteiger partial charge >= 0.3 is 6.16 Å². The minimum absolute atomic E-state index is 0.188. The molecule has 1 aromatic rings. The highest BCUT2D eigenvalue weighted by Crippen LogP contribution is 2.77. The van der Waals surface area contributed by atoms with E-state index in [1.54, 1.807) is 0 Å². The van der Waals surface area contributed by atoms with E-state index in [0.29, 0.717) is 28.9 Å². The highest BCUT2D eigenvalue weighted by molar-refractivity contribution is 5.65. The molecule has 0 bridgehead atoms. The molecule has 3 rings (SSSR count). The molecule has 0 radical (unpaired) electrons. The van der Waals surface area contributed by atoms with Crippen molar-refractivity contribution >= 4 is 6.16 Å². The maximum Gasteiger partial charge on any atom is 0.514 e. The molecule has 3 atom stereocenters. The van der Waals surface area contributed by atoms with Crippen molar-refractivity contribution < 1.29 is 14.3 Å². The van der Waals surface area contributed by atoms with Crippen LogP contribution in [0.1, 0.15) is 72.4 Å². The normalized spacial score (nSPS) is 29.9. The summed E-state index contributed by atoms with van der Waals surface area (Å²) < 4.78 is 10.7. The van der Waals surface area contributed by atoms with Crippen molar-refractivity contribution in [1.29, 1.82) is 0 Å².